The molecule has 0 atom stereocenters. The van der Waals surface area contributed by atoms with E-state index in [-0.39, 0.29) is 46.7 Å². The third-order valence-corrected chi connectivity index (χ3v) is 5.65. The predicted octanol–water partition coefficient (Wildman–Crippen LogP) is 1.20. The number of phenols is 1. The molecule has 11 heteroatoms. The molecule has 0 saturated heterocycles. The van der Waals surface area contributed by atoms with Crippen molar-refractivity contribution in [3.05, 3.63) is 41.5 Å². The first-order chi connectivity index (χ1) is 14.3. The van der Waals surface area contributed by atoms with Gasteiger partial charge in [-0.15, -0.1) is 4.40 Å². The van der Waals surface area contributed by atoms with Gasteiger partial charge in [0.25, 0.3) is 10.0 Å². The second kappa shape index (κ2) is 8.59. The Kier molecular flexibility index (Phi) is 6.13. The van der Waals surface area contributed by atoms with E-state index in [1.54, 1.807) is 12.1 Å². The summed E-state index contributed by atoms with van der Waals surface area (Å²) < 4.78 is 44.7. The molecule has 160 valence electrons. The summed E-state index contributed by atoms with van der Waals surface area (Å²) in [7, 11) is 0.192. The molecule has 2 N–H and O–H groups in total. The van der Waals surface area contributed by atoms with Gasteiger partial charge in [-0.05, 0) is 29.8 Å². The van der Waals surface area contributed by atoms with Gasteiger partial charge in [0, 0.05) is 11.6 Å². The lowest BCUT2D eigenvalue weighted by Crippen LogP contribution is -2.29. The number of benzene rings is 2. The third-order valence-electron chi connectivity index (χ3n) is 4.30. The van der Waals surface area contributed by atoms with Crippen LogP contribution in [0, 0.1) is 0 Å². The van der Waals surface area contributed by atoms with Crippen LogP contribution in [0.4, 0.5) is 0 Å². The summed E-state index contributed by atoms with van der Waals surface area (Å²) >= 11 is 0. The van der Waals surface area contributed by atoms with Gasteiger partial charge in [-0.1, -0.05) is 0 Å². The molecule has 0 unspecified atom stereocenters. The highest BCUT2D eigenvalue weighted by molar-refractivity contribution is 7.90. The fourth-order valence-electron chi connectivity index (χ4n) is 2.90. The number of fused-ring (bicyclic) bond motifs is 1. The van der Waals surface area contributed by atoms with E-state index < -0.39 is 10.0 Å². The molecule has 0 bridgehead atoms. The van der Waals surface area contributed by atoms with Crippen molar-refractivity contribution in [3.8, 4) is 23.0 Å². The van der Waals surface area contributed by atoms with Crippen LogP contribution in [0.1, 0.15) is 11.1 Å². The Morgan fingerprint density at radius 1 is 1.10 bits per heavy atom. The Balaban J connectivity index is 2.06. The Morgan fingerprint density at radius 2 is 1.83 bits per heavy atom. The number of phenolic OH excluding ortho intramolecular Hbond substituents is 1. The largest absolute Gasteiger partial charge is 0.504 e. The summed E-state index contributed by atoms with van der Waals surface area (Å²) in [6, 6.07) is 7.58. The number of nitrogens with zero attached hydrogens (tertiary/aromatic N) is 3. The molecular weight excluding hydrogens is 414 g/mol. The minimum Gasteiger partial charge on any atom is -0.504 e. The van der Waals surface area contributed by atoms with Gasteiger partial charge in [0.2, 0.25) is 0 Å². The molecule has 1 aliphatic rings. The minimum absolute atomic E-state index is 0.0148. The molecule has 0 saturated carbocycles. The molecule has 0 aromatic heterocycles. The topological polar surface area (TPSA) is 130 Å². The summed E-state index contributed by atoms with van der Waals surface area (Å²) in [4.78, 5) is -0.0924. The van der Waals surface area contributed by atoms with E-state index in [0.29, 0.717) is 11.3 Å². The Hall–Kier alpha value is -3.31. The molecule has 0 spiro atoms. The number of ether oxygens (including phenoxy) is 3. The molecule has 10 nitrogen and oxygen atoms in total. The number of hydrazone groups is 1. The van der Waals surface area contributed by atoms with Gasteiger partial charge in [-0.25, -0.2) is 5.01 Å². The van der Waals surface area contributed by atoms with Gasteiger partial charge in [-0.2, -0.15) is 13.5 Å². The van der Waals surface area contributed by atoms with Gasteiger partial charge in [0.1, 0.15) is 16.4 Å². The number of sulfonamides is 1. The van der Waals surface area contributed by atoms with E-state index in [2.05, 4.69) is 9.50 Å². The highest BCUT2D eigenvalue weighted by Gasteiger charge is 2.36. The molecule has 0 fully saturated rings. The molecule has 2 aromatic carbocycles. The molecule has 0 amide bonds. The summed E-state index contributed by atoms with van der Waals surface area (Å²) in [6.45, 7) is -0.315. The fraction of sp³-hybridized carbons (Fsp3) is 0.263. The first kappa shape index (κ1) is 21.4. The number of aliphatic hydroxyl groups is 1. The second-order valence-electron chi connectivity index (χ2n) is 6.12. The third kappa shape index (κ3) is 4.02. The number of methoxy groups -OCH3 is 3. The maximum Gasteiger partial charge on any atom is 0.288 e. The van der Waals surface area contributed by atoms with E-state index >= 15 is 0 Å². The van der Waals surface area contributed by atoms with Crippen LogP contribution < -0.4 is 14.2 Å². The van der Waals surface area contributed by atoms with Gasteiger partial charge in [0.05, 0.1) is 40.7 Å². The minimum atomic E-state index is -4.03. The molecular formula is C19H21N3O7S. The van der Waals surface area contributed by atoms with Crippen LogP contribution in [0.2, 0.25) is 0 Å². The average Bonchev–Trinajstić information content (AvgIpc) is 3.02. The van der Waals surface area contributed by atoms with E-state index in [1.165, 1.54) is 50.8 Å². The van der Waals surface area contributed by atoms with Crippen LogP contribution in [0.15, 0.2) is 44.7 Å². The number of rotatable bonds is 7. The van der Waals surface area contributed by atoms with Crippen LogP contribution in [-0.4, -0.2) is 70.2 Å². The fourth-order valence-corrected chi connectivity index (χ4v) is 4.23. The second-order valence-corrected chi connectivity index (χ2v) is 7.66. The zero-order chi connectivity index (χ0) is 21.9. The lowest BCUT2D eigenvalue weighted by molar-refractivity contribution is 0.254. The van der Waals surface area contributed by atoms with Gasteiger partial charge >= 0.3 is 0 Å². The van der Waals surface area contributed by atoms with Gasteiger partial charge in [-0.3, -0.25) is 0 Å². The highest BCUT2D eigenvalue weighted by atomic mass is 32.2. The van der Waals surface area contributed by atoms with Gasteiger partial charge in [0.15, 0.2) is 17.3 Å². The Labute approximate surface area is 173 Å². The highest BCUT2D eigenvalue weighted by Crippen LogP contribution is 2.38. The average molecular weight is 435 g/mol. The summed E-state index contributed by atoms with van der Waals surface area (Å²) in [5.41, 5.74) is 0.831. The van der Waals surface area contributed by atoms with Crippen LogP contribution >= 0.6 is 0 Å². The number of hydrogen-bond donors (Lipinski definition) is 2. The molecule has 30 heavy (non-hydrogen) atoms. The van der Waals surface area contributed by atoms with Crippen molar-refractivity contribution in [2.24, 2.45) is 9.50 Å². The SMILES string of the molecule is COc1cc(OC)c2c(c1)C(N(CCO)N=Cc1ccc(O)c(OC)c1)=NS2(=O)=O. The molecule has 0 radical (unpaired) electrons. The van der Waals surface area contributed by atoms with Crippen LogP contribution in [0.5, 0.6) is 23.0 Å². The van der Waals surface area contributed by atoms with Crippen molar-refractivity contribution in [1.29, 1.82) is 0 Å². The van der Waals surface area contributed by atoms with Crippen molar-refractivity contribution in [2.75, 3.05) is 34.5 Å². The molecule has 0 aliphatic carbocycles. The zero-order valence-corrected chi connectivity index (χ0v) is 17.4. The lowest BCUT2D eigenvalue weighted by Gasteiger charge is -2.18. The van der Waals surface area contributed by atoms with Crippen LogP contribution in [-0.2, 0) is 10.0 Å². The summed E-state index contributed by atoms with van der Waals surface area (Å²) in [6.07, 6.45) is 1.43. The first-order valence-corrected chi connectivity index (χ1v) is 10.2. The number of aromatic hydroxyl groups is 1. The predicted molar refractivity (Wildman–Crippen MR) is 109 cm³/mol. The quantitative estimate of drug-likeness (QED) is 0.490. The summed E-state index contributed by atoms with van der Waals surface area (Å²) in [5.74, 6) is 0.735. The van der Waals surface area contributed by atoms with E-state index in [4.69, 9.17) is 14.2 Å². The van der Waals surface area contributed by atoms with E-state index in [9.17, 15) is 18.6 Å². The first-order valence-electron chi connectivity index (χ1n) is 8.75. The number of amidine groups is 1. The number of aliphatic hydroxyl groups excluding tert-OH is 1. The Bertz CT molecular complexity index is 1110. The van der Waals surface area contributed by atoms with Crippen molar-refractivity contribution < 1.29 is 32.8 Å². The maximum absolute atomic E-state index is 12.7. The van der Waals surface area contributed by atoms with E-state index in [0.717, 1.165) is 0 Å². The van der Waals surface area contributed by atoms with E-state index in [1.807, 2.05) is 0 Å². The van der Waals surface area contributed by atoms with Crippen molar-refractivity contribution in [1.82, 2.24) is 5.01 Å². The van der Waals surface area contributed by atoms with Crippen LogP contribution in [0.25, 0.3) is 0 Å². The van der Waals surface area contributed by atoms with Crippen molar-refractivity contribution in [3.63, 3.8) is 0 Å². The molecule has 1 aliphatic heterocycles. The molecule has 1 heterocycles. The molecule has 3 rings (SSSR count). The number of hydrogen-bond acceptors (Lipinski definition) is 9. The molecule has 2 aromatic rings. The van der Waals surface area contributed by atoms with Crippen LogP contribution in [0.3, 0.4) is 0 Å². The smallest absolute Gasteiger partial charge is 0.288 e. The zero-order valence-electron chi connectivity index (χ0n) is 16.6. The van der Waals surface area contributed by atoms with Crippen molar-refractivity contribution >= 4 is 22.1 Å². The van der Waals surface area contributed by atoms with Crippen molar-refractivity contribution in [2.45, 2.75) is 4.90 Å². The Morgan fingerprint density at radius 3 is 2.47 bits per heavy atom. The summed E-state index contributed by atoms with van der Waals surface area (Å²) in [5, 5.41) is 24.7. The monoisotopic (exact) mass is 435 g/mol. The van der Waals surface area contributed by atoms with Gasteiger partial charge < -0.3 is 24.4 Å². The standard InChI is InChI=1S/C19H21N3O7S/c1-27-13-9-14-18(17(10-13)29-3)30(25,26)21-19(14)22(6-7-23)20-11-12-4-5-15(24)16(8-12)28-2/h4-5,8-11,23-24H,6-7H2,1-3H3. The normalized spacial score (nSPS) is 14.3. The maximum atomic E-state index is 12.7. The lowest BCUT2D eigenvalue weighted by atomic mass is 10.1.